The molecule has 1 aromatic carbocycles. The molecule has 0 heterocycles. The molecule has 1 aromatic rings. The van der Waals surface area contributed by atoms with E-state index in [9.17, 15) is 9.59 Å². The Morgan fingerprint density at radius 2 is 1.48 bits per heavy atom. The lowest BCUT2D eigenvalue weighted by atomic mass is 10.1. The van der Waals surface area contributed by atoms with Crippen LogP contribution in [-0.2, 0) is 19.1 Å². The summed E-state index contributed by atoms with van der Waals surface area (Å²) in [5.41, 5.74) is 4.47. The van der Waals surface area contributed by atoms with E-state index in [1.165, 1.54) is 18.3 Å². The van der Waals surface area contributed by atoms with E-state index in [2.05, 4.69) is 32.9 Å². The van der Waals surface area contributed by atoms with E-state index in [4.69, 9.17) is 9.47 Å². The minimum absolute atomic E-state index is 0.134. The smallest absolute Gasteiger partial charge is 0.351 e. The summed E-state index contributed by atoms with van der Waals surface area (Å²) in [6.07, 6.45) is 9.49. The molecule has 0 aromatic heterocycles. The summed E-state index contributed by atoms with van der Waals surface area (Å²) in [5, 5.41) is 0. The Labute approximate surface area is 175 Å². The van der Waals surface area contributed by atoms with Gasteiger partial charge in [-0.1, -0.05) is 65.3 Å². The standard InChI is InChI=1S/C25H34O4/c1-19(2)11-9-12-20(3)13-10-14-21(4)17-18-23(26)29-24(25(27)28-5)22-15-7-6-8-16-22/h6-8,11,13,15-17,24H,9-10,12,14,18H2,1-5H3/b20-13+,21-17+/t24-/m1/s1. The lowest BCUT2D eigenvalue weighted by molar-refractivity contribution is -0.166. The fourth-order valence-electron chi connectivity index (χ4n) is 2.76. The van der Waals surface area contributed by atoms with Crippen molar-refractivity contribution in [2.24, 2.45) is 0 Å². The van der Waals surface area contributed by atoms with Crippen LogP contribution in [0, 0.1) is 0 Å². The summed E-state index contributed by atoms with van der Waals surface area (Å²) in [6.45, 7) is 8.40. The van der Waals surface area contributed by atoms with Crippen molar-refractivity contribution in [2.45, 2.75) is 65.9 Å². The molecule has 1 atom stereocenters. The molecule has 0 saturated heterocycles. The minimum Gasteiger partial charge on any atom is -0.466 e. The molecule has 0 fully saturated rings. The largest absolute Gasteiger partial charge is 0.466 e. The molecular weight excluding hydrogens is 364 g/mol. The minimum atomic E-state index is -1.03. The lowest BCUT2D eigenvalue weighted by Crippen LogP contribution is -2.20. The van der Waals surface area contributed by atoms with Crippen LogP contribution in [0.2, 0.25) is 0 Å². The highest BCUT2D eigenvalue weighted by atomic mass is 16.6. The number of esters is 2. The number of hydrogen-bond donors (Lipinski definition) is 0. The van der Waals surface area contributed by atoms with Gasteiger partial charge in [0.05, 0.1) is 13.5 Å². The first-order valence-corrected chi connectivity index (χ1v) is 10.1. The third-order valence-electron chi connectivity index (χ3n) is 4.51. The zero-order valence-electron chi connectivity index (χ0n) is 18.4. The van der Waals surface area contributed by atoms with Crippen LogP contribution in [0.1, 0.15) is 71.5 Å². The molecule has 0 aliphatic heterocycles. The zero-order chi connectivity index (χ0) is 21.6. The van der Waals surface area contributed by atoms with E-state index >= 15 is 0 Å². The number of carbonyl (C=O) groups is 2. The number of carbonyl (C=O) groups excluding carboxylic acids is 2. The van der Waals surface area contributed by atoms with Crippen LogP contribution >= 0.6 is 0 Å². The number of methoxy groups -OCH3 is 1. The van der Waals surface area contributed by atoms with Gasteiger partial charge in [-0.2, -0.15) is 0 Å². The van der Waals surface area contributed by atoms with Gasteiger partial charge in [-0.3, -0.25) is 4.79 Å². The Balaban J connectivity index is 2.51. The van der Waals surface area contributed by atoms with Crippen LogP contribution in [0.15, 0.2) is 65.3 Å². The highest BCUT2D eigenvalue weighted by Gasteiger charge is 2.25. The molecule has 0 N–H and O–H groups in total. The first-order chi connectivity index (χ1) is 13.8. The average molecular weight is 399 g/mol. The maximum Gasteiger partial charge on any atom is 0.351 e. The summed E-state index contributed by atoms with van der Waals surface area (Å²) in [7, 11) is 1.28. The van der Waals surface area contributed by atoms with E-state index in [1.807, 2.05) is 19.1 Å². The fourth-order valence-corrected chi connectivity index (χ4v) is 2.76. The number of allylic oxidation sites excluding steroid dienone is 5. The molecule has 158 valence electrons. The van der Waals surface area contributed by atoms with Gasteiger partial charge in [0.15, 0.2) is 0 Å². The van der Waals surface area contributed by atoms with Crippen LogP contribution in [0.25, 0.3) is 0 Å². The van der Waals surface area contributed by atoms with Gasteiger partial charge in [0.1, 0.15) is 0 Å². The quantitative estimate of drug-likeness (QED) is 0.326. The van der Waals surface area contributed by atoms with E-state index in [1.54, 1.807) is 24.3 Å². The summed E-state index contributed by atoms with van der Waals surface area (Å²) in [4.78, 5) is 24.2. The second-order valence-electron chi connectivity index (χ2n) is 7.47. The van der Waals surface area contributed by atoms with Crippen molar-refractivity contribution >= 4 is 11.9 Å². The van der Waals surface area contributed by atoms with Gasteiger partial charge >= 0.3 is 11.9 Å². The Bertz CT molecular complexity index is 737. The van der Waals surface area contributed by atoms with Crippen molar-refractivity contribution in [3.05, 3.63) is 70.8 Å². The molecule has 0 amide bonds. The Kier molecular flexibility index (Phi) is 11.4. The van der Waals surface area contributed by atoms with Crippen molar-refractivity contribution in [3.63, 3.8) is 0 Å². The van der Waals surface area contributed by atoms with Crippen molar-refractivity contribution in [2.75, 3.05) is 7.11 Å². The van der Waals surface area contributed by atoms with E-state index < -0.39 is 18.0 Å². The molecule has 4 nitrogen and oxygen atoms in total. The van der Waals surface area contributed by atoms with Gasteiger partial charge in [0, 0.05) is 5.56 Å². The number of hydrogen-bond acceptors (Lipinski definition) is 4. The topological polar surface area (TPSA) is 52.6 Å². The number of ether oxygens (including phenoxy) is 2. The van der Waals surface area contributed by atoms with Crippen molar-refractivity contribution in [1.29, 1.82) is 0 Å². The lowest BCUT2D eigenvalue weighted by Gasteiger charge is -2.15. The Hall–Kier alpha value is -2.62. The number of rotatable bonds is 11. The molecular formula is C25H34O4. The summed E-state index contributed by atoms with van der Waals surface area (Å²) >= 11 is 0. The van der Waals surface area contributed by atoms with Crippen LogP contribution in [0.5, 0.6) is 0 Å². The number of benzene rings is 1. The van der Waals surface area contributed by atoms with Crippen LogP contribution < -0.4 is 0 Å². The van der Waals surface area contributed by atoms with Crippen molar-refractivity contribution < 1.29 is 19.1 Å². The van der Waals surface area contributed by atoms with Gasteiger partial charge in [0.2, 0.25) is 6.10 Å². The highest BCUT2D eigenvalue weighted by molar-refractivity contribution is 5.81. The van der Waals surface area contributed by atoms with Crippen molar-refractivity contribution in [3.8, 4) is 0 Å². The van der Waals surface area contributed by atoms with Gasteiger partial charge in [0.25, 0.3) is 0 Å². The predicted octanol–water partition coefficient (Wildman–Crippen LogP) is 6.25. The first-order valence-electron chi connectivity index (χ1n) is 10.1. The van der Waals surface area contributed by atoms with Crippen LogP contribution in [0.3, 0.4) is 0 Å². The third kappa shape index (κ3) is 10.5. The molecule has 0 saturated carbocycles. The maximum atomic E-state index is 12.2. The Morgan fingerprint density at radius 3 is 2.07 bits per heavy atom. The van der Waals surface area contributed by atoms with Crippen LogP contribution in [0.4, 0.5) is 0 Å². The molecule has 0 spiro atoms. The monoisotopic (exact) mass is 398 g/mol. The van der Waals surface area contributed by atoms with Gasteiger partial charge in [-0.15, -0.1) is 0 Å². The summed E-state index contributed by atoms with van der Waals surface area (Å²) in [6, 6.07) is 8.89. The van der Waals surface area contributed by atoms with E-state index in [-0.39, 0.29) is 6.42 Å². The molecule has 0 aliphatic carbocycles. The summed E-state index contributed by atoms with van der Waals surface area (Å²) < 4.78 is 10.1. The summed E-state index contributed by atoms with van der Waals surface area (Å²) in [5.74, 6) is -1.03. The maximum absolute atomic E-state index is 12.2. The van der Waals surface area contributed by atoms with E-state index in [0.717, 1.165) is 31.3 Å². The third-order valence-corrected chi connectivity index (χ3v) is 4.51. The SMILES string of the molecule is COC(=O)[C@H](OC(=O)C/C=C(\C)CC/C=C(\C)CCC=C(C)C)c1ccccc1. The fraction of sp³-hybridized carbons (Fsp3) is 0.440. The predicted molar refractivity (Wildman–Crippen MR) is 117 cm³/mol. The van der Waals surface area contributed by atoms with Gasteiger partial charge in [-0.25, -0.2) is 4.79 Å². The molecule has 0 bridgehead atoms. The highest BCUT2D eigenvalue weighted by Crippen LogP contribution is 2.20. The molecule has 0 radical (unpaired) electrons. The normalized spacial score (nSPS) is 12.9. The van der Waals surface area contributed by atoms with Gasteiger partial charge in [-0.05, 0) is 53.4 Å². The zero-order valence-corrected chi connectivity index (χ0v) is 18.4. The second kappa shape index (κ2) is 13.5. The molecule has 29 heavy (non-hydrogen) atoms. The second-order valence-corrected chi connectivity index (χ2v) is 7.47. The average Bonchev–Trinajstić information content (AvgIpc) is 2.70. The van der Waals surface area contributed by atoms with E-state index in [0.29, 0.717) is 5.56 Å². The Morgan fingerprint density at radius 1 is 0.897 bits per heavy atom. The molecule has 4 heteroatoms. The molecule has 0 unspecified atom stereocenters. The first kappa shape index (κ1) is 24.4. The molecule has 1 rings (SSSR count). The van der Waals surface area contributed by atoms with Crippen molar-refractivity contribution in [1.82, 2.24) is 0 Å². The van der Waals surface area contributed by atoms with Gasteiger partial charge < -0.3 is 9.47 Å². The van der Waals surface area contributed by atoms with Crippen LogP contribution in [-0.4, -0.2) is 19.0 Å². The molecule has 0 aliphatic rings.